The van der Waals surface area contributed by atoms with Gasteiger partial charge in [0.25, 0.3) is 5.91 Å². The molecule has 20 heavy (non-hydrogen) atoms. The van der Waals surface area contributed by atoms with Crippen LogP contribution in [0.2, 0.25) is 0 Å². The van der Waals surface area contributed by atoms with Crippen molar-refractivity contribution < 1.29 is 19.1 Å². The topological polar surface area (TPSA) is 79.5 Å². The van der Waals surface area contributed by atoms with E-state index in [-0.39, 0.29) is 6.42 Å². The number of furan rings is 1. The van der Waals surface area contributed by atoms with Crippen molar-refractivity contribution in [1.29, 1.82) is 0 Å². The summed E-state index contributed by atoms with van der Waals surface area (Å²) in [6.07, 6.45) is 1.55. The summed E-state index contributed by atoms with van der Waals surface area (Å²) in [4.78, 5) is 23.2. The molecule has 1 unspecified atom stereocenters. The first-order chi connectivity index (χ1) is 9.56. The van der Waals surface area contributed by atoms with Gasteiger partial charge in [-0.1, -0.05) is 30.3 Å². The fraction of sp³-hybridized carbons (Fsp3) is 0.200. The predicted octanol–water partition coefficient (Wildman–Crippen LogP) is 2.01. The quantitative estimate of drug-likeness (QED) is 0.873. The third-order valence-electron chi connectivity index (χ3n) is 2.88. The Morgan fingerprint density at radius 1 is 1.30 bits per heavy atom. The summed E-state index contributed by atoms with van der Waals surface area (Å²) in [5, 5.41) is 11.7. The molecule has 0 saturated carbocycles. The predicted molar refractivity (Wildman–Crippen MR) is 72.5 cm³/mol. The fourth-order valence-electron chi connectivity index (χ4n) is 1.85. The largest absolute Gasteiger partial charge is 0.480 e. The minimum absolute atomic E-state index is 0.235. The number of amides is 1. The molecule has 2 aromatic rings. The number of carboxylic acid groups (broad SMARTS) is 1. The lowest BCUT2D eigenvalue weighted by Gasteiger charge is -2.13. The second-order valence-corrected chi connectivity index (χ2v) is 4.50. The zero-order valence-corrected chi connectivity index (χ0v) is 11.0. The maximum Gasteiger partial charge on any atom is 0.326 e. The molecule has 0 fully saturated rings. The van der Waals surface area contributed by atoms with Crippen molar-refractivity contribution in [2.75, 3.05) is 0 Å². The number of aryl methyl sites for hydroxylation is 1. The van der Waals surface area contributed by atoms with E-state index in [2.05, 4.69) is 5.32 Å². The van der Waals surface area contributed by atoms with E-state index in [0.29, 0.717) is 11.3 Å². The molecule has 1 aromatic heterocycles. The van der Waals surface area contributed by atoms with Gasteiger partial charge in [-0.3, -0.25) is 4.79 Å². The van der Waals surface area contributed by atoms with Gasteiger partial charge >= 0.3 is 5.97 Å². The highest BCUT2D eigenvalue weighted by atomic mass is 16.4. The molecule has 0 radical (unpaired) electrons. The molecular formula is C15H15NO4. The minimum Gasteiger partial charge on any atom is -0.480 e. The number of carbonyl (C=O) groups excluding carboxylic acids is 1. The molecule has 0 aliphatic heterocycles. The van der Waals surface area contributed by atoms with Crippen molar-refractivity contribution in [3.8, 4) is 0 Å². The van der Waals surface area contributed by atoms with Gasteiger partial charge < -0.3 is 14.8 Å². The number of carboxylic acids is 1. The van der Waals surface area contributed by atoms with Gasteiger partial charge in [0, 0.05) is 6.42 Å². The Morgan fingerprint density at radius 3 is 2.55 bits per heavy atom. The van der Waals surface area contributed by atoms with E-state index in [1.54, 1.807) is 13.0 Å². The maximum absolute atomic E-state index is 11.9. The smallest absolute Gasteiger partial charge is 0.326 e. The van der Waals surface area contributed by atoms with Crippen molar-refractivity contribution in [3.63, 3.8) is 0 Å². The van der Waals surface area contributed by atoms with E-state index in [9.17, 15) is 14.7 Å². The molecule has 2 N–H and O–H groups in total. The van der Waals surface area contributed by atoms with Crippen LogP contribution in [-0.4, -0.2) is 23.0 Å². The van der Waals surface area contributed by atoms with Crippen LogP contribution in [0.15, 0.2) is 47.1 Å². The van der Waals surface area contributed by atoms with Gasteiger partial charge in [0.2, 0.25) is 0 Å². The van der Waals surface area contributed by atoms with Crippen LogP contribution in [0.25, 0.3) is 0 Å². The first-order valence-electron chi connectivity index (χ1n) is 6.19. The third kappa shape index (κ3) is 3.47. The van der Waals surface area contributed by atoms with Gasteiger partial charge in [-0.05, 0) is 18.6 Å². The zero-order valence-electron chi connectivity index (χ0n) is 11.0. The zero-order chi connectivity index (χ0) is 14.5. The SMILES string of the molecule is Cc1cc(C(=O)NC(Cc2ccccc2)C(=O)O)co1. The van der Waals surface area contributed by atoms with Gasteiger partial charge in [-0.15, -0.1) is 0 Å². The summed E-state index contributed by atoms with van der Waals surface area (Å²) < 4.78 is 5.04. The van der Waals surface area contributed by atoms with E-state index < -0.39 is 17.9 Å². The molecule has 1 atom stereocenters. The van der Waals surface area contributed by atoms with Crippen molar-refractivity contribution in [2.45, 2.75) is 19.4 Å². The number of rotatable bonds is 5. The highest BCUT2D eigenvalue weighted by Crippen LogP contribution is 2.08. The van der Waals surface area contributed by atoms with Crippen LogP contribution in [0.1, 0.15) is 21.7 Å². The van der Waals surface area contributed by atoms with Gasteiger partial charge in [0.05, 0.1) is 5.56 Å². The van der Waals surface area contributed by atoms with Crippen LogP contribution >= 0.6 is 0 Å². The van der Waals surface area contributed by atoms with Crippen LogP contribution < -0.4 is 5.32 Å². The molecule has 104 valence electrons. The summed E-state index contributed by atoms with van der Waals surface area (Å²) in [7, 11) is 0. The first kappa shape index (κ1) is 13.9. The second kappa shape index (κ2) is 6.06. The molecule has 0 saturated heterocycles. The molecule has 2 rings (SSSR count). The Hall–Kier alpha value is -2.56. The molecule has 1 heterocycles. The number of benzene rings is 1. The number of nitrogens with one attached hydrogen (secondary N) is 1. The third-order valence-corrected chi connectivity index (χ3v) is 2.88. The lowest BCUT2D eigenvalue weighted by molar-refractivity contribution is -0.139. The molecule has 5 nitrogen and oxygen atoms in total. The van der Waals surface area contributed by atoms with Gasteiger partial charge in [-0.25, -0.2) is 4.79 Å². The molecule has 1 amide bonds. The van der Waals surface area contributed by atoms with Gasteiger partial charge in [0.15, 0.2) is 0 Å². The van der Waals surface area contributed by atoms with Crippen LogP contribution in [0.5, 0.6) is 0 Å². The summed E-state index contributed by atoms with van der Waals surface area (Å²) >= 11 is 0. The van der Waals surface area contributed by atoms with E-state index >= 15 is 0 Å². The van der Waals surface area contributed by atoms with E-state index in [4.69, 9.17) is 4.42 Å². The molecule has 0 spiro atoms. The van der Waals surface area contributed by atoms with Crippen LogP contribution in [0.4, 0.5) is 0 Å². The lowest BCUT2D eigenvalue weighted by Crippen LogP contribution is -2.42. The maximum atomic E-state index is 11.9. The van der Waals surface area contributed by atoms with Crippen molar-refractivity contribution in [3.05, 3.63) is 59.5 Å². The van der Waals surface area contributed by atoms with E-state index in [1.165, 1.54) is 6.26 Å². The molecule has 0 aliphatic carbocycles. The van der Waals surface area contributed by atoms with Crippen molar-refractivity contribution in [1.82, 2.24) is 5.32 Å². The Kier molecular flexibility index (Phi) is 4.20. The van der Waals surface area contributed by atoms with E-state index in [1.807, 2.05) is 30.3 Å². The molecular weight excluding hydrogens is 258 g/mol. The van der Waals surface area contributed by atoms with Crippen molar-refractivity contribution >= 4 is 11.9 Å². The number of hydrogen-bond donors (Lipinski definition) is 2. The molecule has 0 aliphatic rings. The Bertz CT molecular complexity index is 603. The Morgan fingerprint density at radius 2 is 2.00 bits per heavy atom. The highest BCUT2D eigenvalue weighted by Gasteiger charge is 2.21. The van der Waals surface area contributed by atoms with Crippen molar-refractivity contribution in [2.24, 2.45) is 0 Å². The second-order valence-electron chi connectivity index (χ2n) is 4.50. The molecule has 1 aromatic carbocycles. The number of hydrogen-bond acceptors (Lipinski definition) is 3. The fourth-order valence-corrected chi connectivity index (χ4v) is 1.85. The summed E-state index contributed by atoms with van der Waals surface area (Å²) in [6, 6.07) is 9.75. The Balaban J connectivity index is 2.06. The lowest BCUT2D eigenvalue weighted by atomic mass is 10.1. The average Bonchev–Trinajstić information content (AvgIpc) is 2.86. The highest BCUT2D eigenvalue weighted by molar-refractivity contribution is 5.96. The standard InChI is InChI=1S/C15H15NO4/c1-10-7-12(9-20-10)14(17)16-13(15(18)19)8-11-5-3-2-4-6-11/h2-7,9,13H,8H2,1H3,(H,16,17)(H,18,19). The number of aliphatic carboxylic acids is 1. The normalized spacial score (nSPS) is 11.8. The Labute approximate surface area is 116 Å². The number of carbonyl (C=O) groups is 2. The van der Waals surface area contributed by atoms with Crippen LogP contribution in [-0.2, 0) is 11.2 Å². The minimum atomic E-state index is -1.07. The van der Waals surface area contributed by atoms with Crippen LogP contribution in [0.3, 0.4) is 0 Å². The van der Waals surface area contributed by atoms with Crippen LogP contribution in [0, 0.1) is 6.92 Å². The molecule has 0 bridgehead atoms. The summed E-state index contributed by atoms with van der Waals surface area (Å²) in [5.41, 5.74) is 1.17. The van der Waals surface area contributed by atoms with Gasteiger partial charge in [-0.2, -0.15) is 0 Å². The van der Waals surface area contributed by atoms with E-state index in [0.717, 1.165) is 5.56 Å². The summed E-state index contributed by atoms with van der Waals surface area (Å²) in [6.45, 7) is 1.72. The van der Waals surface area contributed by atoms with Gasteiger partial charge in [0.1, 0.15) is 18.1 Å². The first-order valence-corrected chi connectivity index (χ1v) is 6.19. The average molecular weight is 273 g/mol. The monoisotopic (exact) mass is 273 g/mol. The molecule has 5 heteroatoms. The summed E-state index contributed by atoms with van der Waals surface area (Å²) in [5.74, 6) is -0.919.